The molecule has 12 heteroatoms. The van der Waals surface area contributed by atoms with Crippen molar-refractivity contribution in [3.63, 3.8) is 0 Å². The van der Waals surface area contributed by atoms with Crippen LogP contribution in [-0.4, -0.2) is 78.9 Å². The van der Waals surface area contributed by atoms with Crippen LogP contribution in [0.1, 0.15) is 64.8 Å². The number of aromatic nitrogens is 4. The van der Waals surface area contributed by atoms with Gasteiger partial charge in [-0.3, -0.25) is 9.36 Å². The van der Waals surface area contributed by atoms with Gasteiger partial charge in [-0.25, -0.2) is 9.59 Å². The summed E-state index contributed by atoms with van der Waals surface area (Å²) in [6, 6.07) is 4.13. The first-order valence-corrected chi connectivity index (χ1v) is 14.0. The number of carbonyl (C=O) groups is 2. The van der Waals surface area contributed by atoms with Crippen molar-refractivity contribution in [2.75, 3.05) is 26.2 Å². The number of amides is 2. The minimum absolute atomic E-state index is 0.226. The molecule has 200 valence electrons. The molecule has 0 unspecified atom stereocenters. The Morgan fingerprint density at radius 1 is 0.806 bits per heavy atom. The SMILES string of the molecule is Cn1nc(C2CN(C(=O)OC(C)(C)C)C2)cc1I.Cn1nc(I)cc1C1CN(C(=O)OC(C)(C)C)C1. The van der Waals surface area contributed by atoms with E-state index in [1.165, 1.54) is 5.69 Å². The number of nitrogens with zero attached hydrogens (tertiary/aromatic N) is 6. The maximum absolute atomic E-state index is 11.8. The van der Waals surface area contributed by atoms with Crippen LogP contribution in [0.4, 0.5) is 9.59 Å². The van der Waals surface area contributed by atoms with Gasteiger partial charge in [0.1, 0.15) is 14.9 Å². The average Bonchev–Trinajstić information content (AvgIpc) is 3.10. The van der Waals surface area contributed by atoms with Crippen LogP contribution in [0.2, 0.25) is 0 Å². The van der Waals surface area contributed by atoms with Crippen molar-refractivity contribution < 1.29 is 19.1 Å². The number of likely N-dealkylation sites (tertiary alicyclic amines) is 2. The maximum atomic E-state index is 11.8. The highest BCUT2D eigenvalue weighted by molar-refractivity contribution is 14.1. The van der Waals surface area contributed by atoms with Gasteiger partial charge in [0, 0.05) is 57.8 Å². The molecular formula is C24H36I2N6O4. The maximum Gasteiger partial charge on any atom is 0.410 e. The standard InChI is InChI=1S/2C12H18IN3O2/c1-12(2,3)18-11(17)16-6-8(7-16)9-5-10(13)14-15(9)4;1-12(2,3)18-11(17)16-6-8(7-16)9-5-10(13)15(4)14-9/h2*5,8H,6-7H2,1-4H3. The first-order valence-electron chi connectivity index (χ1n) is 11.9. The first kappa shape index (κ1) is 29.0. The van der Waals surface area contributed by atoms with Gasteiger partial charge in [-0.2, -0.15) is 10.2 Å². The third kappa shape index (κ3) is 7.71. The summed E-state index contributed by atoms with van der Waals surface area (Å²) in [5.41, 5.74) is 1.38. The third-order valence-electron chi connectivity index (χ3n) is 5.63. The summed E-state index contributed by atoms with van der Waals surface area (Å²) in [5.74, 6) is 0.714. The average molecular weight is 726 g/mol. The molecule has 2 aliphatic heterocycles. The Morgan fingerprint density at radius 2 is 1.28 bits per heavy atom. The van der Waals surface area contributed by atoms with Gasteiger partial charge in [0.2, 0.25) is 0 Å². The van der Waals surface area contributed by atoms with Gasteiger partial charge >= 0.3 is 12.2 Å². The normalized spacial score (nSPS) is 16.6. The Kier molecular flexibility index (Phi) is 8.88. The van der Waals surface area contributed by atoms with Gasteiger partial charge in [0.05, 0.1) is 9.39 Å². The fourth-order valence-corrected chi connectivity index (χ4v) is 4.84. The predicted molar refractivity (Wildman–Crippen MR) is 153 cm³/mol. The van der Waals surface area contributed by atoms with Crippen LogP contribution < -0.4 is 0 Å². The van der Waals surface area contributed by atoms with Gasteiger partial charge in [0.15, 0.2) is 0 Å². The molecule has 2 fully saturated rings. The molecule has 2 saturated heterocycles. The number of aryl methyl sites for hydroxylation is 2. The van der Waals surface area contributed by atoms with E-state index in [1.54, 1.807) is 9.80 Å². The summed E-state index contributed by atoms with van der Waals surface area (Å²) >= 11 is 4.45. The molecule has 0 aromatic carbocycles. The van der Waals surface area contributed by atoms with Crippen molar-refractivity contribution in [2.45, 2.75) is 64.6 Å². The van der Waals surface area contributed by atoms with Gasteiger partial charge < -0.3 is 19.3 Å². The summed E-state index contributed by atoms with van der Waals surface area (Å²) in [6.07, 6.45) is -0.458. The number of halogens is 2. The molecule has 2 aromatic rings. The van der Waals surface area contributed by atoms with Crippen molar-refractivity contribution in [1.82, 2.24) is 29.4 Å². The zero-order chi connectivity index (χ0) is 27.0. The highest BCUT2D eigenvalue weighted by Gasteiger charge is 2.37. The number of ether oxygens (including phenoxy) is 2. The van der Waals surface area contributed by atoms with E-state index in [9.17, 15) is 9.59 Å². The first-order chi connectivity index (χ1) is 16.5. The van der Waals surface area contributed by atoms with Crippen LogP contribution in [-0.2, 0) is 23.6 Å². The second-order valence-electron chi connectivity index (χ2n) is 11.2. The Bertz CT molecular complexity index is 1070. The van der Waals surface area contributed by atoms with Crippen LogP contribution >= 0.6 is 45.2 Å². The molecule has 0 atom stereocenters. The largest absolute Gasteiger partial charge is 0.444 e. The Morgan fingerprint density at radius 3 is 1.64 bits per heavy atom. The van der Waals surface area contributed by atoms with Crippen LogP contribution in [0.3, 0.4) is 0 Å². The Hall–Kier alpha value is -1.58. The lowest BCUT2D eigenvalue weighted by Gasteiger charge is -2.39. The molecule has 2 aromatic heterocycles. The van der Waals surface area contributed by atoms with E-state index in [2.05, 4.69) is 67.5 Å². The molecule has 0 aliphatic carbocycles. The van der Waals surface area contributed by atoms with Crippen molar-refractivity contribution in [1.29, 1.82) is 0 Å². The van der Waals surface area contributed by atoms with Crippen molar-refractivity contribution in [3.8, 4) is 0 Å². The number of rotatable bonds is 2. The van der Waals surface area contributed by atoms with E-state index >= 15 is 0 Å². The molecule has 0 bridgehead atoms. The smallest absolute Gasteiger partial charge is 0.410 e. The molecule has 4 heterocycles. The molecule has 10 nitrogen and oxygen atoms in total. The van der Waals surface area contributed by atoms with E-state index in [-0.39, 0.29) is 12.2 Å². The molecule has 0 radical (unpaired) electrons. The molecule has 4 rings (SSSR count). The van der Waals surface area contributed by atoms with Crippen LogP contribution in [0.5, 0.6) is 0 Å². The zero-order valence-electron chi connectivity index (χ0n) is 22.2. The highest BCUT2D eigenvalue weighted by atomic mass is 127. The van der Waals surface area contributed by atoms with E-state index in [0.29, 0.717) is 38.0 Å². The molecule has 0 saturated carbocycles. The van der Waals surface area contributed by atoms with Crippen molar-refractivity contribution in [2.24, 2.45) is 14.1 Å². The molecule has 0 N–H and O–H groups in total. The van der Waals surface area contributed by atoms with Crippen LogP contribution in [0, 0.1) is 7.40 Å². The minimum atomic E-state index is -0.428. The van der Waals surface area contributed by atoms with E-state index in [0.717, 1.165) is 13.1 Å². The molecule has 36 heavy (non-hydrogen) atoms. The lowest BCUT2D eigenvalue weighted by Crippen LogP contribution is -2.50. The summed E-state index contributed by atoms with van der Waals surface area (Å²) in [7, 11) is 3.86. The zero-order valence-corrected chi connectivity index (χ0v) is 26.5. The fourth-order valence-electron chi connectivity index (χ4n) is 3.77. The van der Waals surface area contributed by atoms with Gasteiger partial charge in [-0.15, -0.1) is 0 Å². The molecule has 2 aliphatic rings. The fraction of sp³-hybridized carbons (Fsp3) is 0.667. The topological polar surface area (TPSA) is 94.7 Å². The van der Waals surface area contributed by atoms with Crippen LogP contribution in [0.15, 0.2) is 12.1 Å². The molecular weight excluding hydrogens is 690 g/mol. The Labute approximate surface area is 240 Å². The van der Waals surface area contributed by atoms with Gasteiger partial charge in [-0.1, -0.05) is 0 Å². The Balaban J connectivity index is 0.000000201. The second kappa shape index (κ2) is 11.0. The number of hydrogen-bond donors (Lipinski definition) is 0. The minimum Gasteiger partial charge on any atom is -0.444 e. The van der Waals surface area contributed by atoms with E-state index in [4.69, 9.17) is 9.47 Å². The lowest BCUT2D eigenvalue weighted by molar-refractivity contribution is 0.00677. The quantitative estimate of drug-likeness (QED) is 0.417. The van der Waals surface area contributed by atoms with Crippen molar-refractivity contribution >= 4 is 57.4 Å². The highest BCUT2D eigenvalue weighted by Crippen LogP contribution is 2.29. The van der Waals surface area contributed by atoms with Gasteiger partial charge in [0.25, 0.3) is 0 Å². The van der Waals surface area contributed by atoms with Crippen molar-refractivity contribution in [3.05, 3.63) is 30.9 Å². The lowest BCUT2D eigenvalue weighted by atomic mass is 9.97. The predicted octanol–water partition coefficient (Wildman–Crippen LogP) is 4.72. The number of hydrogen-bond acceptors (Lipinski definition) is 6. The molecule has 0 spiro atoms. The van der Waals surface area contributed by atoms with Gasteiger partial charge in [-0.05, 0) is 98.9 Å². The van der Waals surface area contributed by atoms with Crippen LogP contribution in [0.25, 0.3) is 0 Å². The van der Waals surface area contributed by atoms with E-state index < -0.39 is 11.2 Å². The summed E-state index contributed by atoms with van der Waals surface area (Å²) in [5, 5.41) is 8.74. The van der Waals surface area contributed by atoms with E-state index in [1.807, 2.05) is 65.0 Å². The summed E-state index contributed by atoms with van der Waals surface area (Å²) < 4.78 is 16.5. The number of carbonyl (C=O) groups excluding carboxylic acids is 2. The summed E-state index contributed by atoms with van der Waals surface area (Å²) in [4.78, 5) is 27.0. The molecule has 2 amide bonds. The monoisotopic (exact) mass is 726 g/mol. The summed E-state index contributed by atoms with van der Waals surface area (Å²) in [6.45, 7) is 14.1. The second-order valence-corrected chi connectivity index (χ2v) is 13.4. The third-order valence-corrected chi connectivity index (χ3v) is 7.17.